The van der Waals surface area contributed by atoms with E-state index in [-0.39, 0.29) is 0 Å². The predicted octanol–water partition coefficient (Wildman–Crippen LogP) is 19.0. The average Bonchev–Trinajstić information content (AvgIpc) is 3.17. The Morgan fingerprint density at radius 3 is 0.396 bits per heavy atom. The van der Waals surface area contributed by atoms with Gasteiger partial charge in [-0.3, -0.25) is 0 Å². The molecule has 0 radical (unpaired) electrons. The van der Waals surface area contributed by atoms with Gasteiger partial charge in [-0.15, -0.1) is 0 Å². The Morgan fingerprint density at radius 1 is 0.151 bits per heavy atom. The van der Waals surface area contributed by atoms with Crippen LogP contribution >= 0.6 is 0 Å². The highest BCUT2D eigenvalue weighted by molar-refractivity contribution is 4.57. The van der Waals surface area contributed by atoms with Crippen LogP contribution in [0.1, 0.15) is 310 Å². The fourth-order valence-electron chi connectivity index (χ4n) is 9.12. The van der Waals surface area contributed by atoms with Crippen LogP contribution < -0.4 is 0 Å². The molecule has 0 aromatic carbocycles. The van der Waals surface area contributed by atoms with Gasteiger partial charge in [0, 0.05) is 0 Å². The highest BCUT2D eigenvalue weighted by atomic mass is 15.3. The number of rotatable bonds is 48. The van der Waals surface area contributed by atoms with E-state index in [0.717, 1.165) is 0 Å². The van der Waals surface area contributed by atoms with Crippen molar-refractivity contribution in [1.29, 1.82) is 0 Å². The molecule has 0 atom stereocenters. The standard InChI is InChI=1S/C52H108N/c1-5-9-13-17-21-25-29-33-37-41-45-49-53(50-46-42-38-34-30-26-22-18-14-10-6-2,51-47-43-39-35-31-27-23-19-15-11-7-3)52-48-44-40-36-32-28-24-20-16-12-8-4/h5-52H2,1-4H3/q+1. The molecule has 0 rings (SSSR count). The molecule has 0 aliphatic rings. The van der Waals surface area contributed by atoms with Crippen molar-refractivity contribution >= 4 is 0 Å². The minimum Gasteiger partial charge on any atom is -0.324 e. The van der Waals surface area contributed by atoms with Gasteiger partial charge in [-0.2, -0.15) is 0 Å². The van der Waals surface area contributed by atoms with E-state index >= 15 is 0 Å². The smallest absolute Gasteiger partial charge is 0.0786 e. The Morgan fingerprint density at radius 2 is 0.264 bits per heavy atom. The van der Waals surface area contributed by atoms with Crippen molar-refractivity contribution in [2.75, 3.05) is 26.2 Å². The van der Waals surface area contributed by atoms with E-state index in [1.54, 1.807) is 0 Å². The second-order valence-electron chi connectivity index (χ2n) is 18.4. The van der Waals surface area contributed by atoms with E-state index in [1.165, 1.54) is 313 Å². The zero-order valence-corrected chi connectivity index (χ0v) is 38.4. The first kappa shape index (κ1) is 53.0. The molecule has 320 valence electrons. The van der Waals surface area contributed by atoms with Crippen LogP contribution in [-0.2, 0) is 0 Å². The first-order chi connectivity index (χ1) is 26.2. The van der Waals surface area contributed by atoms with E-state index in [9.17, 15) is 0 Å². The molecule has 0 fully saturated rings. The van der Waals surface area contributed by atoms with Crippen molar-refractivity contribution in [1.82, 2.24) is 0 Å². The van der Waals surface area contributed by atoms with Crippen LogP contribution in [0.2, 0.25) is 0 Å². The summed E-state index contributed by atoms with van der Waals surface area (Å²) in [5, 5.41) is 0. The lowest BCUT2D eigenvalue weighted by Crippen LogP contribution is -2.50. The van der Waals surface area contributed by atoms with E-state index in [4.69, 9.17) is 0 Å². The molecule has 0 unspecified atom stereocenters. The molecular weight excluding hydrogens is 639 g/mol. The maximum Gasteiger partial charge on any atom is 0.0786 e. The molecule has 1 heteroatoms. The Bertz CT molecular complexity index is 517. The van der Waals surface area contributed by atoms with Gasteiger partial charge in [-0.05, 0) is 51.4 Å². The highest BCUT2D eigenvalue weighted by Gasteiger charge is 2.25. The summed E-state index contributed by atoms with van der Waals surface area (Å²) in [7, 11) is 0. The lowest BCUT2D eigenvalue weighted by Gasteiger charge is -2.40. The molecule has 0 heterocycles. The third-order valence-corrected chi connectivity index (χ3v) is 12.9. The van der Waals surface area contributed by atoms with Crippen molar-refractivity contribution in [3.8, 4) is 0 Å². The van der Waals surface area contributed by atoms with Gasteiger partial charge in [0.1, 0.15) is 0 Å². The van der Waals surface area contributed by atoms with Crippen molar-refractivity contribution in [2.24, 2.45) is 0 Å². The lowest BCUT2D eigenvalue weighted by molar-refractivity contribution is -0.929. The van der Waals surface area contributed by atoms with Crippen molar-refractivity contribution in [3.05, 3.63) is 0 Å². The molecule has 0 spiro atoms. The topological polar surface area (TPSA) is 0 Å². The first-order valence-electron chi connectivity index (χ1n) is 26.1. The Kier molecular flexibility index (Phi) is 46.3. The Balaban J connectivity index is 4.89. The molecule has 0 aliphatic heterocycles. The van der Waals surface area contributed by atoms with Crippen molar-refractivity contribution < 1.29 is 4.48 Å². The second kappa shape index (κ2) is 46.3. The summed E-state index contributed by atoms with van der Waals surface area (Å²) in [6.07, 6.45) is 64.7. The number of hydrogen-bond acceptors (Lipinski definition) is 0. The number of hydrogen-bond donors (Lipinski definition) is 0. The van der Waals surface area contributed by atoms with Crippen LogP contribution in [0.4, 0.5) is 0 Å². The van der Waals surface area contributed by atoms with Crippen LogP contribution in [0.25, 0.3) is 0 Å². The first-order valence-corrected chi connectivity index (χ1v) is 26.1. The maximum atomic E-state index is 2.33. The molecular formula is C52H108N+. The molecule has 0 bridgehead atoms. The summed E-state index contributed by atoms with van der Waals surface area (Å²) in [6.45, 7) is 15.3. The molecule has 0 aromatic heterocycles. The quantitative estimate of drug-likeness (QED) is 0.0430. The lowest BCUT2D eigenvalue weighted by atomic mass is 10.0. The molecule has 0 aliphatic carbocycles. The highest BCUT2D eigenvalue weighted by Crippen LogP contribution is 2.22. The Labute approximate surface area is 339 Å². The molecule has 53 heavy (non-hydrogen) atoms. The zero-order valence-electron chi connectivity index (χ0n) is 38.4. The van der Waals surface area contributed by atoms with Crippen LogP contribution in [0.15, 0.2) is 0 Å². The van der Waals surface area contributed by atoms with Gasteiger partial charge in [-0.25, -0.2) is 0 Å². The minimum absolute atomic E-state index is 1.37. The fraction of sp³-hybridized carbons (Fsp3) is 1.00. The number of unbranched alkanes of at least 4 members (excludes halogenated alkanes) is 40. The van der Waals surface area contributed by atoms with E-state index in [0.29, 0.717) is 0 Å². The molecule has 0 aromatic rings. The second-order valence-corrected chi connectivity index (χ2v) is 18.4. The summed E-state index contributed by atoms with van der Waals surface area (Å²) in [4.78, 5) is 0. The van der Waals surface area contributed by atoms with Crippen molar-refractivity contribution in [3.63, 3.8) is 0 Å². The monoisotopic (exact) mass is 747 g/mol. The predicted molar refractivity (Wildman–Crippen MR) is 246 cm³/mol. The third kappa shape index (κ3) is 41.4. The van der Waals surface area contributed by atoms with Gasteiger partial charge in [0.05, 0.1) is 26.2 Å². The van der Waals surface area contributed by atoms with Gasteiger partial charge in [0.15, 0.2) is 0 Å². The Hall–Kier alpha value is -0.0400. The molecule has 0 saturated heterocycles. The van der Waals surface area contributed by atoms with Gasteiger partial charge in [0.2, 0.25) is 0 Å². The van der Waals surface area contributed by atoms with Crippen LogP contribution in [0.3, 0.4) is 0 Å². The SMILES string of the molecule is CCCCCCCCCCCCC[N+](CCCCCCCCCCCCC)(CCCCCCCCCCCCC)CCCCCCCCCCCCC. The van der Waals surface area contributed by atoms with Gasteiger partial charge in [0.25, 0.3) is 0 Å². The third-order valence-electron chi connectivity index (χ3n) is 12.9. The van der Waals surface area contributed by atoms with Crippen LogP contribution in [0, 0.1) is 0 Å². The zero-order chi connectivity index (χ0) is 38.4. The van der Waals surface area contributed by atoms with E-state index < -0.39 is 0 Å². The maximum absolute atomic E-state index is 2.33. The molecule has 1 nitrogen and oxygen atoms in total. The fourth-order valence-corrected chi connectivity index (χ4v) is 9.12. The molecule has 0 saturated carbocycles. The summed E-state index contributed by atoms with van der Waals surface area (Å²) in [6, 6.07) is 0. The molecule has 0 amide bonds. The summed E-state index contributed by atoms with van der Waals surface area (Å²) < 4.78 is 1.49. The summed E-state index contributed by atoms with van der Waals surface area (Å²) >= 11 is 0. The van der Waals surface area contributed by atoms with E-state index in [2.05, 4.69) is 27.7 Å². The van der Waals surface area contributed by atoms with Crippen LogP contribution in [0.5, 0.6) is 0 Å². The minimum atomic E-state index is 1.37. The summed E-state index contributed by atoms with van der Waals surface area (Å²) in [5.41, 5.74) is 0. The van der Waals surface area contributed by atoms with Crippen LogP contribution in [-0.4, -0.2) is 30.7 Å². The summed E-state index contributed by atoms with van der Waals surface area (Å²) in [5.74, 6) is 0. The molecule has 0 N–H and O–H groups in total. The number of nitrogens with zero attached hydrogens (tertiary/aromatic N) is 1. The normalized spacial score (nSPS) is 12.0. The average molecular weight is 747 g/mol. The number of quaternary nitrogens is 1. The van der Waals surface area contributed by atoms with Gasteiger partial charge < -0.3 is 4.48 Å². The van der Waals surface area contributed by atoms with Gasteiger partial charge >= 0.3 is 0 Å². The van der Waals surface area contributed by atoms with Crippen molar-refractivity contribution in [2.45, 2.75) is 310 Å². The largest absolute Gasteiger partial charge is 0.324 e. The van der Waals surface area contributed by atoms with Gasteiger partial charge in [-0.1, -0.05) is 259 Å². The van der Waals surface area contributed by atoms with E-state index in [1.807, 2.05) is 0 Å².